The number of carbonyl (C=O) groups excluding carboxylic acids is 1. The number of nitrogens with one attached hydrogen (secondary N) is 1. The Kier molecular flexibility index (Phi) is 7.11. The molecule has 0 aliphatic carbocycles. The number of amides is 1. The van der Waals surface area contributed by atoms with E-state index >= 15 is 0 Å². The Hall–Kier alpha value is -1.74. The lowest BCUT2D eigenvalue weighted by Gasteiger charge is -2.36. The molecule has 0 bridgehead atoms. The fourth-order valence-electron chi connectivity index (χ4n) is 4.38. The largest absolute Gasteiger partial charge is 0.350 e. The SMILES string of the molecule is CC1CCN([C@@H](CNC(=O)c2ccc(S(=O)(=O)N3CCCC3)cc2)c2cccs2)CC1. The van der Waals surface area contributed by atoms with Crippen LogP contribution in [0.2, 0.25) is 0 Å². The van der Waals surface area contributed by atoms with E-state index < -0.39 is 10.0 Å². The Bertz CT molecular complexity index is 960. The predicted molar refractivity (Wildman–Crippen MR) is 124 cm³/mol. The second-order valence-electron chi connectivity index (χ2n) is 8.60. The molecule has 2 aliphatic rings. The zero-order chi connectivity index (χ0) is 21.8. The van der Waals surface area contributed by atoms with Gasteiger partial charge in [0.25, 0.3) is 5.91 Å². The van der Waals surface area contributed by atoms with Crippen molar-refractivity contribution in [3.63, 3.8) is 0 Å². The Morgan fingerprint density at radius 2 is 1.77 bits per heavy atom. The molecule has 31 heavy (non-hydrogen) atoms. The van der Waals surface area contributed by atoms with Gasteiger partial charge in [0.1, 0.15) is 0 Å². The molecular weight excluding hydrogens is 430 g/mol. The van der Waals surface area contributed by atoms with Crippen molar-refractivity contribution in [1.29, 1.82) is 0 Å². The van der Waals surface area contributed by atoms with Gasteiger partial charge < -0.3 is 5.32 Å². The quantitative estimate of drug-likeness (QED) is 0.682. The molecule has 0 spiro atoms. The third kappa shape index (κ3) is 5.19. The molecule has 2 aromatic rings. The smallest absolute Gasteiger partial charge is 0.251 e. The minimum Gasteiger partial charge on any atom is -0.350 e. The van der Waals surface area contributed by atoms with Crippen LogP contribution in [0.5, 0.6) is 0 Å². The summed E-state index contributed by atoms with van der Waals surface area (Å²) in [4.78, 5) is 16.8. The Morgan fingerprint density at radius 1 is 1.10 bits per heavy atom. The number of nitrogens with zero attached hydrogens (tertiary/aromatic N) is 2. The van der Waals surface area contributed by atoms with Crippen LogP contribution < -0.4 is 5.32 Å². The van der Waals surface area contributed by atoms with Crippen LogP contribution in [0.1, 0.15) is 53.9 Å². The summed E-state index contributed by atoms with van der Waals surface area (Å²) in [5.74, 6) is 0.585. The van der Waals surface area contributed by atoms with Crippen LogP contribution >= 0.6 is 11.3 Å². The lowest BCUT2D eigenvalue weighted by Crippen LogP contribution is -2.41. The maximum absolute atomic E-state index is 12.8. The number of carbonyl (C=O) groups is 1. The second kappa shape index (κ2) is 9.81. The summed E-state index contributed by atoms with van der Waals surface area (Å²) >= 11 is 1.73. The Morgan fingerprint density at radius 3 is 2.39 bits per heavy atom. The molecule has 2 saturated heterocycles. The van der Waals surface area contributed by atoms with E-state index in [2.05, 4.69) is 34.7 Å². The van der Waals surface area contributed by atoms with Crippen molar-refractivity contribution in [2.24, 2.45) is 5.92 Å². The summed E-state index contributed by atoms with van der Waals surface area (Å²) in [5, 5.41) is 5.15. The first kappa shape index (κ1) is 22.5. The Balaban J connectivity index is 1.41. The molecule has 3 heterocycles. The highest BCUT2D eigenvalue weighted by atomic mass is 32.2. The average molecular weight is 462 g/mol. The maximum atomic E-state index is 12.8. The standard InChI is InChI=1S/C23H31N3O3S2/c1-18-10-14-25(15-11-18)21(22-5-4-16-30-22)17-24-23(27)19-6-8-20(9-7-19)31(28,29)26-12-2-3-13-26/h4-9,16,18,21H,2-3,10-15,17H2,1H3,(H,24,27)/t21-/m0/s1. The number of hydrogen-bond acceptors (Lipinski definition) is 5. The van der Waals surface area contributed by atoms with Crippen LogP contribution in [0.15, 0.2) is 46.7 Å². The van der Waals surface area contributed by atoms with E-state index in [-0.39, 0.29) is 16.8 Å². The summed E-state index contributed by atoms with van der Waals surface area (Å²) in [7, 11) is -3.46. The first-order valence-corrected chi connectivity index (χ1v) is 13.4. The van der Waals surface area contributed by atoms with Crippen LogP contribution in [0.3, 0.4) is 0 Å². The first-order valence-electron chi connectivity index (χ1n) is 11.1. The topological polar surface area (TPSA) is 69.7 Å². The van der Waals surface area contributed by atoms with Gasteiger partial charge in [0.2, 0.25) is 10.0 Å². The summed E-state index contributed by atoms with van der Waals surface area (Å²) in [6, 6.07) is 10.7. The van der Waals surface area contributed by atoms with Gasteiger partial charge in [-0.2, -0.15) is 4.31 Å². The summed E-state index contributed by atoms with van der Waals surface area (Å²) in [6.45, 7) is 6.08. The lowest BCUT2D eigenvalue weighted by atomic mass is 9.97. The van der Waals surface area contributed by atoms with Crippen molar-refractivity contribution in [2.45, 2.75) is 43.5 Å². The molecule has 6 nitrogen and oxygen atoms in total. The highest BCUT2D eigenvalue weighted by Gasteiger charge is 2.28. The van der Waals surface area contributed by atoms with Gasteiger partial charge in [0.15, 0.2) is 0 Å². The minimum absolute atomic E-state index is 0.169. The fourth-order valence-corrected chi connectivity index (χ4v) is 6.76. The summed E-state index contributed by atoms with van der Waals surface area (Å²) in [5.41, 5.74) is 0.484. The monoisotopic (exact) mass is 461 g/mol. The number of likely N-dealkylation sites (tertiary alicyclic amines) is 1. The van der Waals surface area contributed by atoms with E-state index in [1.165, 1.54) is 22.0 Å². The van der Waals surface area contributed by atoms with E-state index in [9.17, 15) is 13.2 Å². The van der Waals surface area contributed by atoms with E-state index in [0.29, 0.717) is 25.2 Å². The minimum atomic E-state index is -3.46. The van der Waals surface area contributed by atoms with Crippen LogP contribution in [-0.2, 0) is 10.0 Å². The normalized spacial score (nSPS) is 20.0. The van der Waals surface area contributed by atoms with Gasteiger partial charge in [0.05, 0.1) is 10.9 Å². The van der Waals surface area contributed by atoms with E-state index in [0.717, 1.165) is 31.8 Å². The van der Waals surface area contributed by atoms with Crippen LogP contribution in [-0.4, -0.2) is 56.3 Å². The van der Waals surface area contributed by atoms with Gasteiger partial charge in [-0.15, -0.1) is 11.3 Å². The van der Waals surface area contributed by atoms with Gasteiger partial charge >= 0.3 is 0 Å². The van der Waals surface area contributed by atoms with E-state index in [1.807, 2.05) is 0 Å². The molecular formula is C23H31N3O3S2. The van der Waals surface area contributed by atoms with Crippen LogP contribution in [0, 0.1) is 5.92 Å². The number of thiophene rings is 1. The molecule has 168 valence electrons. The third-order valence-electron chi connectivity index (χ3n) is 6.41. The molecule has 0 unspecified atom stereocenters. The number of rotatable bonds is 7. The molecule has 0 radical (unpaired) electrons. The molecule has 1 aromatic heterocycles. The number of benzene rings is 1. The molecule has 4 rings (SSSR count). The van der Waals surface area contributed by atoms with Gasteiger partial charge in [-0.1, -0.05) is 13.0 Å². The molecule has 1 N–H and O–H groups in total. The van der Waals surface area contributed by atoms with Crippen molar-refractivity contribution >= 4 is 27.3 Å². The summed E-state index contributed by atoms with van der Waals surface area (Å²) < 4.78 is 26.9. The maximum Gasteiger partial charge on any atom is 0.251 e. The zero-order valence-corrected chi connectivity index (χ0v) is 19.6. The molecule has 8 heteroatoms. The average Bonchev–Trinajstić information content (AvgIpc) is 3.50. The van der Waals surface area contributed by atoms with Gasteiger partial charge in [-0.05, 0) is 80.4 Å². The van der Waals surface area contributed by atoms with Gasteiger partial charge in [0, 0.05) is 30.1 Å². The molecule has 1 atom stereocenters. The predicted octanol–water partition coefficient (Wildman–Crippen LogP) is 3.74. The number of sulfonamides is 1. The van der Waals surface area contributed by atoms with Crippen molar-refractivity contribution in [2.75, 3.05) is 32.7 Å². The van der Waals surface area contributed by atoms with Crippen LogP contribution in [0.4, 0.5) is 0 Å². The van der Waals surface area contributed by atoms with E-state index in [1.54, 1.807) is 35.6 Å². The van der Waals surface area contributed by atoms with E-state index in [4.69, 9.17) is 0 Å². The highest BCUT2D eigenvalue weighted by molar-refractivity contribution is 7.89. The molecule has 0 saturated carbocycles. The third-order valence-corrected chi connectivity index (χ3v) is 9.29. The molecule has 2 aliphatic heterocycles. The lowest BCUT2D eigenvalue weighted by molar-refractivity contribution is 0.0915. The first-order chi connectivity index (χ1) is 14.9. The number of hydrogen-bond donors (Lipinski definition) is 1. The van der Waals surface area contributed by atoms with Gasteiger partial charge in [-0.25, -0.2) is 8.42 Å². The van der Waals surface area contributed by atoms with Crippen molar-refractivity contribution in [3.05, 3.63) is 52.2 Å². The van der Waals surface area contributed by atoms with Crippen molar-refractivity contribution in [1.82, 2.24) is 14.5 Å². The van der Waals surface area contributed by atoms with Crippen LogP contribution in [0.25, 0.3) is 0 Å². The molecule has 1 amide bonds. The molecule has 1 aromatic carbocycles. The second-order valence-corrected chi connectivity index (χ2v) is 11.5. The van der Waals surface area contributed by atoms with Crippen molar-refractivity contribution < 1.29 is 13.2 Å². The van der Waals surface area contributed by atoms with Crippen molar-refractivity contribution in [3.8, 4) is 0 Å². The highest BCUT2D eigenvalue weighted by Crippen LogP contribution is 2.29. The zero-order valence-electron chi connectivity index (χ0n) is 18.0. The fraction of sp³-hybridized carbons (Fsp3) is 0.522. The van der Waals surface area contributed by atoms with Gasteiger partial charge in [-0.3, -0.25) is 9.69 Å². The molecule has 2 fully saturated rings. The number of piperidine rings is 1. The Labute approximate surface area is 189 Å². The summed E-state index contributed by atoms with van der Waals surface area (Å²) in [6.07, 6.45) is 4.17.